The van der Waals surface area contributed by atoms with Crippen LogP contribution in [0.5, 0.6) is 0 Å². The van der Waals surface area contributed by atoms with Crippen LogP contribution in [0.15, 0.2) is 18.3 Å². The summed E-state index contributed by atoms with van der Waals surface area (Å²) >= 11 is 7.53. The fourth-order valence-electron chi connectivity index (χ4n) is 1.68. The van der Waals surface area contributed by atoms with E-state index in [2.05, 4.69) is 10.3 Å². The van der Waals surface area contributed by atoms with Crippen LogP contribution < -0.4 is 5.32 Å². The average molecular weight is 257 g/mol. The number of pyridine rings is 1. The van der Waals surface area contributed by atoms with Crippen molar-refractivity contribution in [2.75, 3.05) is 11.1 Å². The van der Waals surface area contributed by atoms with Crippen LogP contribution in [-0.4, -0.2) is 21.4 Å². The standard InChI is InChI=1S/C11H13ClN2OS/c1-11(4-2-6-16-11)10(15)14-9-7-8(12)3-5-13-9/h3,5,7H,2,4,6H2,1H3,(H,13,14,15). The Kier molecular flexibility index (Phi) is 3.40. The highest BCUT2D eigenvalue weighted by molar-refractivity contribution is 8.01. The van der Waals surface area contributed by atoms with Gasteiger partial charge in [-0.25, -0.2) is 4.98 Å². The van der Waals surface area contributed by atoms with Gasteiger partial charge in [0.05, 0.1) is 4.75 Å². The predicted molar refractivity (Wildman–Crippen MR) is 68.0 cm³/mol. The summed E-state index contributed by atoms with van der Waals surface area (Å²) in [6, 6.07) is 3.34. The van der Waals surface area contributed by atoms with E-state index in [-0.39, 0.29) is 10.7 Å². The van der Waals surface area contributed by atoms with E-state index in [1.807, 2.05) is 6.92 Å². The van der Waals surface area contributed by atoms with E-state index in [1.165, 1.54) is 0 Å². The van der Waals surface area contributed by atoms with E-state index < -0.39 is 0 Å². The summed E-state index contributed by atoms with van der Waals surface area (Å²) in [5.74, 6) is 1.59. The first-order chi connectivity index (χ1) is 7.60. The lowest BCUT2D eigenvalue weighted by Gasteiger charge is -2.20. The second-order valence-corrected chi connectivity index (χ2v) is 6.03. The number of amides is 1. The Morgan fingerprint density at radius 3 is 3.12 bits per heavy atom. The molecular formula is C11H13ClN2OS. The predicted octanol–water partition coefficient (Wildman–Crippen LogP) is 2.96. The normalized spacial score (nSPS) is 24.4. The molecule has 2 heterocycles. The highest BCUT2D eigenvalue weighted by atomic mass is 35.5. The van der Waals surface area contributed by atoms with E-state index >= 15 is 0 Å². The highest BCUT2D eigenvalue weighted by Gasteiger charge is 2.37. The van der Waals surface area contributed by atoms with E-state index in [0.717, 1.165) is 18.6 Å². The van der Waals surface area contributed by atoms with Gasteiger partial charge < -0.3 is 5.32 Å². The third-order valence-electron chi connectivity index (χ3n) is 2.66. The van der Waals surface area contributed by atoms with Crippen LogP contribution in [0.2, 0.25) is 5.02 Å². The number of carbonyl (C=O) groups excluding carboxylic acids is 1. The molecule has 1 atom stereocenters. The number of nitrogens with one attached hydrogen (secondary N) is 1. The van der Waals surface area contributed by atoms with Gasteiger partial charge in [0, 0.05) is 11.2 Å². The van der Waals surface area contributed by atoms with Crippen molar-refractivity contribution in [1.29, 1.82) is 0 Å². The molecule has 1 fully saturated rings. The highest BCUT2D eigenvalue weighted by Crippen LogP contribution is 2.38. The topological polar surface area (TPSA) is 42.0 Å². The Labute approximate surface area is 104 Å². The summed E-state index contributed by atoms with van der Waals surface area (Å²) < 4.78 is -0.315. The van der Waals surface area contributed by atoms with E-state index in [0.29, 0.717) is 10.8 Å². The second kappa shape index (κ2) is 4.63. The molecule has 0 radical (unpaired) electrons. The Balaban J connectivity index is 2.07. The maximum Gasteiger partial charge on any atom is 0.241 e. The van der Waals surface area contributed by atoms with Gasteiger partial charge in [-0.3, -0.25) is 4.79 Å². The van der Waals surface area contributed by atoms with Gasteiger partial charge in [0.2, 0.25) is 5.91 Å². The molecule has 1 amide bonds. The van der Waals surface area contributed by atoms with Crippen molar-refractivity contribution in [3.63, 3.8) is 0 Å². The molecule has 0 saturated carbocycles. The molecule has 2 rings (SSSR count). The summed E-state index contributed by atoms with van der Waals surface area (Å²) in [4.78, 5) is 16.1. The van der Waals surface area contributed by atoms with Crippen LogP contribution in [0.25, 0.3) is 0 Å². The number of anilines is 1. The van der Waals surface area contributed by atoms with E-state index in [4.69, 9.17) is 11.6 Å². The maximum absolute atomic E-state index is 12.0. The molecule has 0 aromatic carbocycles. The molecule has 0 spiro atoms. The number of hydrogen-bond donors (Lipinski definition) is 1. The third-order valence-corrected chi connectivity index (χ3v) is 4.42. The molecule has 3 nitrogen and oxygen atoms in total. The summed E-state index contributed by atoms with van der Waals surface area (Å²) in [7, 11) is 0. The average Bonchev–Trinajstić information content (AvgIpc) is 2.66. The van der Waals surface area contributed by atoms with Crippen molar-refractivity contribution < 1.29 is 4.79 Å². The smallest absolute Gasteiger partial charge is 0.241 e. The first-order valence-corrected chi connectivity index (χ1v) is 6.53. The van der Waals surface area contributed by atoms with Gasteiger partial charge in [-0.05, 0) is 37.7 Å². The molecule has 0 aliphatic carbocycles. The molecule has 0 bridgehead atoms. The monoisotopic (exact) mass is 256 g/mol. The summed E-state index contributed by atoms with van der Waals surface area (Å²) in [6.07, 6.45) is 3.60. The van der Waals surface area contributed by atoms with Crippen LogP contribution in [0.1, 0.15) is 19.8 Å². The lowest BCUT2D eigenvalue weighted by atomic mass is 10.1. The minimum Gasteiger partial charge on any atom is -0.309 e. The number of carbonyl (C=O) groups is 1. The van der Waals surface area contributed by atoms with Gasteiger partial charge >= 0.3 is 0 Å². The van der Waals surface area contributed by atoms with Crippen LogP contribution in [0, 0.1) is 0 Å². The Bertz CT molecular complexity index is 405. The van der Waals surface area contributed by atoms with Crippen LogP contribution in [0.3, 0.4) is 0 Å². The van der Waals surface area contributed by atoms with Crippen LogP contribution in [0.4, 0.5) is 5.82 Å². The van der Waals surface area contributed by atoms with Gasteiger partial charge in [-0.2, -0.15) is 0 Å². The fraction of sp³-hybridized carbons (Fsp3) is 0.455. The largest absolute Gasteiger partial charge is 0.309 e. The van der Waals surface area contributed by atoms with Crippen molar-refractivity contribution >= 4 is 35.1 Å². The zero-order chi connectivity index (χ0) is 11.6. The molecule has 1 saturated heterocycles. The van der Waals surface area contributed by atoms with E-state index in [1.54, 1.807) is 30.1 Å². The minimum absolute atomic E-state index is 0.0183. The Morgan fingerprint density at radius 2 is 2.50 bits per heavy atom. The first-order valence-electron chi connectivity index (χ1n) is 5.17. The number of aromatic nitrogens is 1. The van der Waals surface area contributed by atoms with E-state index in [9.17, 15) is 4.79 Å². The first kappa shape index (κ1) is 11.7. The van der Waals surface area contributed by atoms with Crippen molar-refractivity contribution in [1.82, 2.24) is 4.98 Å². The van der Waals surface area contributed by atoms with Crippen LogP contribution >= 0.6 is 23.4 Å². The molecule has 5 heteroatoms. The second-order valence-electron chi connectivity index (χ2n) is 4.00. The quantitative estimate of drug-likeness (QED) is 0.885. The number of rotatable bonds is 2. The van der Waals surface area contributed by atoms with Crippen LogP contribution in [-0.2, 0) is 4.79 Å². The number of thioether (sulfide) groups is 1. The summed E-state index contributed by atoms with van der Waals surface area (Å²) in [5, 5.41) is 3.39. The summed E-state index contributed by atoms with van der Waals surface area (Å²) in [5.41, 5.74) is 0. The van der Waals surface area contributed by atoms with Gasteiger partial charge in [0.15, 0.2) is 0 Å². The third kappa shape index (κ3) is 2.50. The van der Waals surface area contributed by atoms with Crippen molar-refractivity contribution in [2.24, 2.45) is 0 Å². The Hall–Kier alpha value is -0.740. The number of halogens is 1. The number of hydrogen-bond acceptors (Lipinski definition) is 3. The molecule has 1 aliphatic heterocycles. The SMILES string of the molecule is CC1(C(=O)Nc2cc(Cl)ccn2)CCCS1. The zero-order valence-electron chi connectivity index (χ0n) is 9.00. The molecule has 86 valence electrons. The minimum atomic E-state index is -0.315. The lowest BCUT2D eigenvalue weighted by molar-refractivity contribution is -0.118. The molecule has 16 heavy (non-hydrogen) atoms. The van der Waals surface area contributed by atoms with Gasteiger partial charge in [-0.15, -0.1) is 11.8 Å². The fourth-order valence-corrected chi connectivity index (χ4v) is 3.05. The molecule has 1 aromatic rings. The molecule has 1 N–H and O–H groups in total. The van der Waals surface area contributed by atoms with Crippen molar-refractivity contribution in [3.8, 4) is 0 Å². The Morgan fingerprint density at radius 1 is 1.69 bits per heavy atom. The molecular weight excluding hydrogens is 244 g/mol. The summed E-state index contributed by atoms with van der Waals surface area (Å²) in [6.45, 7) is 1.98. The maximum atomic E-state index is 12.0. The van der Waals surface area contributed by atoms with Gasteiger partial charge in [0.1, 0.15) is 5.82 Å². The number of nitrogens with zero attached hydrogens (tertiary/aromatic N) is 1. The van der Waals surface area contributed by atoms with Gasteiger partial charge in [0.25, 0.3) is 0 Å². The molecule has 1 aliphatic rings. The zero-order valence-corrected chi connectivity index (χ0v) is 10.6. The lowest BCUT2D eigenvalue weighted by Crippen LogP contribution is -2.34. The molecule has 1 unspecified atom stereocenters. The van der Waals surface area contributed by atoms with Gasteiger partial charge in [-0.1, -0.05) is 11.6 Å². The van der Waals surface area contributed by atoms with Crippen molar-refractivity contribution in [2.45, 2.75) is 24.5 Å². The molecule has 1 aromatic heterocycles. The van der Waals surface area contributed by atoms with Crippen molar-refractivity contribution in [3.05, 3.63) is 23.4 Å².